The van der Waals surface area contributed by atoms with Crippen molar-refractivity contribution in [1.29, 1.82) is 0 Å². The van der Waals surface area contributed by atoms with Gasteiger partial charge in [0.15, 0.2) is 0 Å². The molecule has 0 bridgehead atoms. The fourth-order valence-electron chi connectivity index (χ4n) is 3.48. The molecule has 2 heterocycles. The maximum absolute atomic E-state index is 12.9. The first-order valence-corrected chi connectivity index (χ1v) is 11.0. The number of aromatic nitrogens is 2. The summed E-state index contributed by atoms with van der Waals surface area (Å²) in [6.07, 6.45) is 1.29. The highest BCUT2D eigenvalue weighted by atomic mass is 32.2. The molecule has 0 atom stereocenters. The lowest BCUT2D eigenvalue weighted by Crippen LogP contribution is -2.37. The van der Waals surface area contributed by atoms with Crippen LogP contribution < -0.4 is 4.74 Å². The summed E-state index contributed by atoms with van der Waals surface area (Å²) in [5, 5.41) is 4.09. The lowest BCUT2D eigenvalue weighted by atomic mass is 9.98. The molecule has 0 unspecified atom stereocenters. The van der Waals surface area contributed by atoms with E-state index in [0.717, 1.165) is 16.9 Å². The summed E-state index contributed by atoms with van der Waals surface area (Å²) in [7, 11) is -1.87. The van der Waals surface area contributed by atoms with E-state index in [1.54, 1.807) is 19.2 Å². The Balaban J connectivity index is 1.45. The molecule has 8 heteroatoms. The zero-order valence-corrected chi connectivity index (χ0v) is 17.2. The van der Waals surface area contributed by atoms with Crippen LogP contribution in [0.15, 0.2) is 57.9 Å². The number of hydrogen-bond acceptors (Lipinski definition) is 6. The number of piperidine rings is 1. The highest BCUT2D eigenvalue weighted by molar-refractivity contribution is 7.89. The monoisotopic (exact) mass is 413 g/mol. The van der Waals surface area contributed by atoms with E-state index in [0.29, 0.717) is 42.5 Å². The predicted molar refractivity (Wildman–Crippen MR) is 108 cm³/mol. The molecule has 0 amide bonds. The van der Waals surface area contributed by atoms with Gasteiger partial charge in [0.25, 0.3) is 0 Å². The zero-order chi connectivity index (χ0) is 20.4. The van der Waals surface area contributed by atoms with Crippen molar-refractivity contribution in [2.45, 2.75) is 30.6 Å². The number of ether oxygens (including phenoxy) is 1. The van der Waals surface area contributed by atoms with Crippen molar-refractivity contribution in [3.63, 3.8) is 0 Å². The number of sulfonamides is 1. The SMILES string of the molecule is COc1cccc(-c2noc(C3CCN(S(=O)(=O)c4ccc(C)cc4)CC3)n2)c1. The van der Waals surface area contributed by atoms with Crippen molar-refractivity contribution in [2.24, 2.45) is 0 Å². The molecule has 0 aliphatic carbocycles. The van der Waals surface area contributed by atoms with Crippen LogP contribution in [-0.2, 0) is 10.0 Å². The smallest absolute Gasteiger partial charge is 0.243 e. The fourth-order valence-corrected chi connectivity index (χ4v) is 4.95. The molecule has 3 aromatic rings. The van der Waals surface area contributed by atoms with Gasteiger partial charge in [-0.15, -0.1) is 0 Å². The van der Waals surface area contributed by atoms with Gasteiger partial charge in [0.1, 0.15) is 5.75 Å². The number of nitrogens with zero attached hydrogens (tertiary/aromatic N) is 3. The Morgan fingerprint density at radius 3 is 2.52 bits per heavy atom. The van der Waals surface area contributed by atoms with Crippen LogP contribution in [0.2, 0.25) is 0 Å². The van der Waals surface area contributed by atoms with Gasteiger partial charge < -0.3 is 9.26 Å². The van der Waals surface area contributed by atoms with Crippen LogP contribution >= 0.6 is 0 Å². The predicted octanol–water partition coefficient (Wildman–Crippen LogP) is 3.62. The van der Waals surface area contributed by atoms with E-state index in [1.165, 1.54) is 4.31 Å². The van der Waals surface area contributed by atoms with Gasteiger partial charge in [-0.05, 0) is 44.0 Å². The molecule has 0 radical (unpaired) electrons. The summed E-state index contributed by atoms with van der Waals surface area (Å²) in [6.45, 7) is 2.79. The summed E-state index contributed by atoms with van der Waals surface area (Å²) in [6, 6.07) is 14.4. The minimum atomic E-state index is -3.48. The molecule has 1 aromatic heterocycles. The maximum Gasteiger partial charge on any atom is 0.243 e. The standard InChI is InChI=1S/C21H23N3O4S/c1-15-6-8-19(9-7-15)29(25,26)24-12-10-16(11-13-24)21-22-20(23-28-21)17-4-3-5-18(14-17)27-2/h3-9,14,16H,10-13H2,1-2H3. The molecule has 1 saturated heterocycles. The van der Waals surface area contributed by atoms with E-state index >= 15 is 0 Å². The van der Waals surface area contributed by atoms with Gasteiger partial charge in [0.2, 0.25) is 21.7 Å². The van der Waals surface area contributed by atoms with Crippen molar-refractivity contribution >= 4 is 10.0 Å². The summed E-state index contributed by atoms with van der Waals surface area (Å²) in [5.41, 5.74) is 1.85. The van der Waals surface area contributed by atoms with Crippen molar-refractivity contribution in [1.82, 2.24) is 14.4 Å². The highest BCUT2D eigenvalue weighted by Gasteiger charge is 2.32. The lowest BCUT2D eigenvalue weighted by Gasteiger charge is -2.29. The number of aryl methyl sites for hydroxylation is 1. The topological polar surface area (TPSA) is 85.5 Å². The van der Waals surface area contributed by atoms with E-state index in [9.17, 15) is 8.42 Å². The van der Waals surface area contributed by atoms with Gasteiger partial charge in [-0.1, -0.05) is 35.0 Å². The quantitative estimate of drug-likeness (QED) is 0.635. The van der Waals surface area contributed by atoms with Gasteiger partial charge in [-0.3, -0.25) is 0 Å². The molecule has 1 fully saturated rings. The third kappa shape index (κ3) is 4.04. The van der Waals surface area contributed by atoms with Gasteiger partial charge in [0.05, 0.1) is 12.0 Å². The molecule has 1 aliphatic rings. The largest absolute Gasteiger partial charge is 0.497 e. The zero-order valence-electron chi connectivity index (χ0n) is 16.4. The van der Waals surface area contributed by atoms with Crippen LogP contribution in [0, 0.1) is 6.92 Å². The Morgan fingerprint density at radius 1 is 1.10 bits per heavy atom. The Labute approximate surface area is 170 Å². The first-order chi connectivity index (χ1) is 14.0. The van der Waals surface area contributed by atoms with Gasteiger partial charge in [-0.2, -0.15) is 9.29 Å². The van der Waals surface area contributed by atoms with Crippen LogP contribution in [0.3, 0.4) is 0 Å². The molecule has 152 valence electrons. The van der Waals surface area contributed by atoms with Crippen molar-refractivity contribution in [2.75, 3.05) is 20.2 Å². The van der Waals surface area contributed by atoms with E-state index < -0.39 is 10.0 Å². The average molecular weight is 413 g/mol. The third-order valence-corrected chi connectivity index (χ3v) is 7.14. The summed E-state index contributed by atoms with van der Waals surface area (Å²) < 4.78 is 38.0. The minimum Gasteiger partial charge on any atom is -0.497 e. The molecular weight excluding hydrogens is 390 g/mol. The normalized spacial score (nSPS) is 16.1. The molecule has 0 saturated carbocycles. The van der Waals surface area contributed by atoms with E-state index in [1.807, 2.05) is 43.3 Å². The Bertz CT molecular complexity index is 1090. The molecular formula is C21H23N3O4S. The van der Waals surface area contributed by atoms with Crippen molar-refractivity contribution in [3.05, 3.63) is 60.0 Å². The second-order valence-corrected chi connectivity index (χ2v) is 9.12. The summed E-state index contributed by atoms with van der Waals surface area (Å²) in [4.78, 5) is 4.87. The molecule has 29 heavy (non-hydrogen) atoms. The average Bonchev–Trinajstić information content (AvgIpc) is 3.24. The molecule has 0 N–H and O–H groups in total. The van der Waals surface area contributed by atoms with Gasteiger partial charge in [-0.25, -0.2) is 8.42 Å². The van der Waals surface area contributed by atoms with E-state index in [-0.39, 0.29) is 5.92 Å². The van der Waals surface area contributed by atoms with E-state index in [4.69, 9.17) is 9.26 Å². The maximum atomic E-state index is 12.9. The number of rotatable bonds is 5. The summed E-state index contributed by atoms with van der Waals surface area (Å²) >= 11 is 0. The molecule has 1 aliphatic heterocycles. The van der Waals surface area contributed by atoms with E-state index in [2.05, 4.69) is 10.1 Å². The molecule has 0 spiro atoms. The summed E-state index contributed by atoms with van der Waals surface area (Å²) in [5.74, 6) is 1.83. The van der Waals surface area contributed by atoms with Gasteiger partial charge in [0, 0.05) is 24.6 Å². The second kappa shape index (κ2) is 7.96. The Morgan fingerprint density at radius 2 is 1.83 bits per heavy atom. The first kappa shape index (κ1) is 19.6. The molecule has 4 rings (SSSR count). The Hall–Kier alpha value is -2.71. The third-order valence-electron chi connectivity index (χ3n) is 5.23. The van der Waals surface area contributed by atoms with Crippen LogP contribution in [-0.4, -0.2) is 43.1 Å². The number of methoxy groups -OCH3 is 1. The van der Waals surface area contributed by atoms with Crippen LogP contribution in [0.1, 0.15) is 30.2 Å². The molecule has 7 nitrogen and oxygen atoms in total. The highest BCUT2D eigenvalue weighted by Crippen LogP contribution is 2.31. The minimum absolute atomic E-state index is 0.0475. The number of hydrogen-bond donors (Lipinski definition) is 0. The Kier molecular flexibility index (Phi) is 5.38. The first-order valence-electron chi connectivity index (χ1n) is 9.52. The lowest BCUT2D eigenvalue weighted by molar-refractivity contribution is 0.271. The number of benzene rings is 2. The van der Waals surface area contributed by atoms with Crippen molar-refractivity contribution in [3.8, 4) is 17.1 Å². The van der Waals surface area contributed by atoms with Gasteiger partial charge >= 0.3 is 0 Å². The fraction of sp³-hybridized carbons (Fsp3) is 0.333. The second-order valence-electron chi connectivity index (χ2n) is 7.18. The van der Waals surface area contributed by atoms with Crippen molar-refractivity contribution < 1.29 is 17.7 Å². The van der Waals surface area contributed by atoms with Crippen LogP contribution in [0.25, 0.3) is 11.4 Å². The van der Waals surface area contributed by atoms with Crippen LogP contribution in [0.5, 0.6) is 5.75 Å². The van der Waals surface area contributed by atoms with Crippen LogP contribution in [0.4, 0.5) is 0 Å². The molecule has 2 aromatic carbocycles.